The summed E-state index contributed by atoms with van der Waals surface area (Å²) < 4.78 is 0. The number of nitrogen functional groups attached to an aromatic ring is 1. The molecular weight excluding hydrogens is 236 g/mol. The molecular formula is C16H14N2O. The van der Waals surface area contributed by atoms with Crippen LogP contribution in [0, 0.1) is 0 Å². The largest absolute Gasteiger partial charge is 0.398 e. The number of anilines is 1. The molecule has 0 amide bonds. The van der Waals surface area contributed by atoms with Crippen molar-refractivity contribution in [1.29, 1.82) is 0 Å². The number of pyridine rings is 1. The van der Waals surface area contributed by atoms with Gasteiger partial charge in [-0.2, -0.15) is 0 Å². The lowest BCUT2D eigenvalue weighted by atomic mass is 10.0. The molecule has 0 saturated carbocycles. The Hall–Kier alpha value is -2.39. The van der Waals surface area contributed by atoms with Crippen molar-refractivity contribution in [2.75, 3.05) is 5.73 Å². The number of fused-ring (bicyclic) bond motifs is 1. The number of aliphatic hydroxyl groups is 1. The van der Waals surface area contributed by atoms with Crippen LogP contribution >= 0.6 is 0 Å². The number of hydrogen-bond donors (Lipinski definition) is 2. The van der Waals surface area contributed by atoms with Gasteiger partial charge in [0.05, 0.1) is 5.52 Å². The van der Waals surface area contributed by atoms with E-state index in [4.69, 9.17) is 5.73 Å². The third-order valence-corrected chi connectivity index (χ3v) is 3.22. The van der Waals surface area contributed by atoms with Crippen LogP contribution in [0.25, 0.3) is 10.9 Å². The Morgan fingerprint density at radius 3 is 2.58 bits per heavy atom. The fourth-order valence-electron chi connectivity index (χ4n) is 2.18. The second-order valence-corrected chi connectivity index (χ2v) is 4.49. The lowest BCUT2D eigenvalue weighted by Gasteiger charge is -2.13. The van der Waals surface area contributed by atoms with E-state index >= 15 is 0 Å². The number of para-hydroxylation sites is 2. The van der Waals surface area contributed by atoms with Gasteiger partial charge in [-0.3, -0.25) is 4.98 Å². The molecule has 0 aliphatic rings. The van der Waals surface area contributed by atoms with E-state index < -0.39 is 6.10 Å². The average molecular weight is 250 g/mol. The van der Waals surface area contributed by atoms with Crippen LogP contribution < -0.4 is 5.73 Å². The van der Waals surface area contributed by atoms with Crippen LogP contribution in [0.15, 0.2) is 60.8 Å². The van der Waals surface area contributed by atoms with Crippen molar-refractivity contribution in [1.82, 2.24) is 4.98 Å². The number of benzene rings is 2. The summed E-state index contributed by atoms with van der Waals surface area (Å²) in [7, 11) is 0. The molecule has 0 aliphatic carbocycles. The highest BCUT2D eigenvalue weighted by Crippen LogP contribution is 2.27. The van der Waals surface area contributed by atoms with Gasteiger partial charge in [0.15, 0.2) is 0 Å². The van der Waals surface area contributed by atoms with Crippen LogP contribution in [-0.4, -0.2) is 10.1 Å². The van der Waals surface area contributed by atoms with Crippen molar-refractivity contribution in [2.45, 2.75) is 6.10 Å². The van der Waals surface area contributed by atoms with E-state index in [1.807, 2.05) is 48.5 Å². The first-order valence-corrected chi connectivity index (χ1v) is 6.13. The lowest BCUT2D eigenvalue weighted by Crippen LogP contribution is -2.04. The number of nitrogens with zero attached hydrogens (tertiary/aromatic N) is 1. The van der Waals surface area contributed by atoms with Crippen LogP contribution in [0.5, 0.6) is 0 Å². The first-order chi connectivity index (χ1) is 9.25. The molecule has 0 aliphatic heterocycles. The third-order valence-electron chi connectivity index (χ3n) is 3.22. The Morgan fingerprint density at radius 2 is 1.74 bits per heavy atom. The molecule has 3 heteroatoms. The Labute approximate surface area is 111 Å². The van der Waals surface area contributed by atoms with Crippen LogP contribution in [0.2, 0.25) is 0 Å². The number of hydrogen-bond acceptors (Lipinski definition) is 3. The summed E-state index contributed by atoms with van der Waals surface area (Å²) in [6.07, 6.45) is 0.942. The molecule has 2 aromatic carbocycles. The smallest absolute Gasteiger partial charge is 0.108 e. The predicted molar refractivity (Wildman–Crippen MR) is 76.7 cm³/mol. The quantitative estimate of drug-likeness (QED) is 0.687. The monoisotopic (exact) mass is 250 g/mol. The summed E-state index contributed by atoms with van der Waals surface area (Å²) in [6, 6.07) is 17.1. The number of aliphatic hydroxyl groups excluding tert-OH is 1. The highest BCUT2D eigenvalue weighted by Gasteiger charge is 2.13. The molecule has 19 heavy (non-hydrogen) atoms. The summed E-state index contributed by atoms with van der Waals surface area (Å²) >= 11 is 0. The fourth-order valence-corrected chi connectivity index (χ4v) is 2.18. The Bertz CT molecular complexity index is 725. The highest BCUT2D eigenvalue weighted by molar-refractivity contribution is 5.79. The Kier molecular flexibility index (Phi) is 2.89. The summed E-state index contributed by atoms with van der Waals surface area (Å²) in [4.78, 5) is 4.36. The van der Waals surface area contributed by atoms with Gasteiger partial charge in [-0.05, 0) is 18.2 Å². The van der Waals surface area contributed by atoms with Gasteiger partial charge >= 0.3 is 0 Å². The van der Waals surface area contributed by atoms with Gasteiger partial charge in [0.2, 0.25) is 0 Å². The Morgan fingerprint density at radius 1 is 1.00 bits per heavy atom. The molecule has 0 spiro atoms. The second kappa shape index (κ2) is 4.71. The third kappa shape index (κ3) is 2.16. The van der Waals surface area contributed by atoms with Crippen molar-refractivity contribution in [2.24, 2.45) is 0 Å². The normalized spacial score (nSPS) is 12.5. The van der Waals surface area contributed by atoms with E-state index in [0.717, 1.165) is 16.5 Å². The average Bonchev–Trinajstić information content (AvgIpc) is 2.46. The molecule has 0 radical (unpaired) electrons. The van der Waals surface area contributed by atoms with Crippen LogP contribution in [0.3, 0.4) is 0 Å². The van der Waals surface area contributed by atoms with Gasteiger partial charge in [-0.1, -0.05) is 36.4 Å². The summed E-state index contributed by atoms with van der Waals surface area (Å²) in [5.41, 5.74) is 8.85. The molecule has 1 heterocycles. The first-order valence-electron chi connectivity index (χ1n) is 6.13. The topological polar surface area (TPSA) is 59.1 Å². The maximum Gasteiger partial charge on any atom is 0.108 e. The predicted octanol–water partition coefficient (Wildman–Crippen LogP) is 2.90. The maximum absolute atomic E-state index is 10.4. The van der Waals surface area contributed by atoms with E-state index in [-0.39, 0.29) is 0 Å². The van der Waals surface area contributed by atoms with E-state index in [1.54, 1.807) is 12.3 Å². The van der Waals surface area contributed by atoms with Crippen LogP contribution in [0.4, 0.5) is 5.69 Å². The molecule has 3 rings (SSSR count). The summed E-state index contributed by atoms with van der Waals surface area (Å²) in [5.74, 6) is 0. The minimum Gasteiger partial charge on any atom is -0.398 e. The number of aromatic nitrogens is 1. The minimum atomic E-state index is -0.752. The maximum atomic E-state index is 10.4. The highest BCUT2D eigenvalue weighted by atomic mass is 16.3. The second-order valence-electron chi connectivity index (χ2n) is 4.49. The molecule has 1 aromatic heterocycles. The lowest BCUT2D eigenvalue weighted by molar-refractivity contribution is 0.221. The molecule has 3 aromatic rings. The van der Waals surface area contributed by atoms with Crippen molar-refractivity contribution in [3.8, 4) is 0 Å². The van der Waals surface area contributed by atoms with Crippen molar-refractivity contribution < 1.29 is 5.11 Å². The van der Waals surface area contributed by atoms with Crippen LogP contribution in [0.1, 0.15) is 17.2 Å². The molecule has 1 unspecified atom stereocenters. The zero-order chi connectivity index (χ0) is 13.2. The Balaban J connectivity index is 2.07. The van der Waals surface area contributed by atoms with E-state index in [1.165, 1.54) is 0 Å². The van der Waals surface area contributed by atoms with E-state index in [0.29, 0.717) is 11.3 Å². The van der Waals surface area contributed by atoms with Crippen LogP contribution in [-0.2, 0) is 0 Å². The standard InChI is InChI=1S/C16H14N2O/c17-14-7-3-2-6-13(14)16(19)12-9-11-5-1-4-8-15(11)18-10-12/h1-10,16,19H,17H2. The number of rotatable bonds is 2. The molecule has 0 bridgehead atoms. The van der Waals surface area contributed by atoms with Gasteiger partial charge in [0.1, 0.15) is 6.10 Å². The zero-order valence-corrected chi connectivity index (χ0v) is 10.3. The van der Waals surface area contributed by atoms with Crippen molar-refractivity contribution in [3.05, 3.63) is 71.9 Å². The molecule has 94 valence electrons. The van der Waals surface area contributed by atoms with Gasteiger partial charge in [-0.15, -0.1) is 0 Å². The molecule has 3 nitrogen and oxygen atoms in total. The summed E-state index contributed by atoms with van der Waals surface area (Å²) in [5, 5.41) is 11.4. The van der Waals surface area contributed by atoms with Crippen molar-refractivity contribution in [3.63, 3.8) is 0 Å². The fraction of sp³-hybridized carbons (Fsp3) is 0.0625. The molecule has 0 saturated heterocycles. The number of nitrogens with two attached hydrogens (primary N) is 1. The van der Waals surface area contributed by atoms with E-state index in [9.17, 15) is 5.11 Å². The molecule has 1 atom stereocenters. The molecule has 0 fully saturated rings. The minimum absolute atomic E-state index is 0.586. The first kappa shape index (κ1) is 11.7. The van der Waals surface area contributed by atoms with Gasteiger partial charge in [0, 0.05) is 28.4 Å². The SMILES string of the molecule is Nc1ccccc1C(O)c1cnc2ccccc2c1. The van der Waals surface area contributed by atoms with Gasteiger partial charge in [0.25, 0.3) is 0 Å². The van der Waals surface area contributed by atoms with Gasteiger partial charge < -0.3 is 10.8 Å². The van der Waals surface area contributed by atoms with Crippen molar-refractivity contribution >= 4 is 16.6 Å². The zero-order valence-electron chi connectivity index (χ0n) is 10.3. The molecule has 3 N–H and O–H groups in total. The van der Waals surface area contributed by atoms with Gasteiger partial charge in [-0.25, -0.2) is 0 Å². The summed E-state index contributed by atoms with van der Waals surface area (Å²) in [6.45, 7) is 0. The van der Waals surface area contributed by atoms with E-state index in [2.05, 4.69) is 4.98 Å².